The Hall–Kier alpha value is -2.45. The molecule has 0 N–H and O–H groups in total. The van der Waals surface area contributed by atoms with Gasteiger partial charge in [0.15, 0.2) is 0 Å². The molecular weight excluding hydrogens is 460 g/mol. The third kappa shape index (κ3) is 4.06. The number of nitrogens with zero attached hydrogens (tertiary/aromatic N) is 1. The van der Waals surface area contributed by atoms with Crippen LogP contribution in [0.2, 0.25) is 5.32 Å². The number of hydrogen-bond donors (Lipinski definition) is 0. The van der Waals surface area contributed by atoms with Crippen LogP contribution in [0, 0.1) is 0 Å². The molecule has 0 radical (unpaired) electrons. The Balaban J connectivity index is 1.38. The summed E-state index contributed by atoms with van der Waals surface area (Å²) in [5.74, 6) is -3.06. The Morgan fingerprint density at radius 1 is 0.667 bits per heavy atom. The van der Waals surface area contributed by atoms with Crippen molar-refractivity contribution in [2.75, 3.05) is 6.54 Å². The van der Waals surface area contributed by atoms with Crippen LogP contribution in [0.25, 0.3) is 0 Å². The van der Waals surface area contributed by atoms with Gasteiger partial charge < -0.3 is 0 Å². The maximum absolute atomic E-state index is 14.0. The molecule has 0 saturated carbocycles. The fraction of sp³-hybridized carbons (Fsp3) is 0.167. The van der Waals surface area contributed by atoms with Gasteiger partial charge in [-0.3, -0.25) is 0 Å². The summed E-state index contributed by atoms with van der Waals surface area (Å²) >= 11 is -0.0995. The van der Waals surface area contributed by atoms with E-state index < -0.39 is 5.83 Å². The van der Waals surface area contributed by atoms with Crippen LogP contribution in [-0.4, -0.2) is 37.8 Å². The monoisotopic (exact) mass is 483 g/mol. The fourth-order valence-corrected chi connectivity index (χ4v) is 11.9. The van der Waals surface area contributed by atoms with E-state index in [1.54, 1.807) is 24.3 Å². The number of unbranched alkanes of at least 4 members (excludes halogenated alkanes) is 1. The van der Waals surface area contributed by atoms with Gasteiger partial charge in [-0.15, -0.1) is 0 Å². The molecule has 4 rings (SSSR count). The second kappa shape index (κ2) is 9.14. The third-order valence-electron chi connectivity index (χ3n) is 5.12. The van der Waals surface area contributed by atoms with Gasteiger partial charge in [0.1, 0.15) is 0 Å². The molecule has 0 saturated heterocycles. The Labute approximate surface area is 182 Å². The Kier molecular flexibility index (Phi) is 6.34. The van der Waals surface area contributed by atoms with Gasteiger partial charge in [-0.05, 0) is 0 Å². The molecule has 0 spiro atoms. The molecule has 152 valence electrons. The van der Waals surface area contributed by atoms with Gasteiger partial charge in [-0.2, -0.15) is 0 Å². The number of benzene rings is 3. The molecule has 1 aliphatic rings. The summed E-state index contributed by atoms with van der Waals surface area (Å²) in [6.07, 6.45) is 1.55. The van der Waals surface area contributed by atoms with E-state index in [1.165, 1.54) is 4.90 Å². The zero-order chi connectivity index (χ0) is 21.0. The molecule has 2 amide bonds. The van der Waals surface area contributed by atoms with Crippen molar-refractivity contribution in [3.05, 3.63) is 96.1 Å². The zero-order valence-corrected chi connectivity index (χ0v) is 19.0. The quantitative estimate of drug-likeness (QED) is 0.210. The Bertz CT molecular complexity index is 1020. The van der Waals surface area contributed by atoms with Gasteiger partial charge in [0.25, 0.3) is 0 Å². The third-order valence-corrected chi connectivity index (χ3v) is 14.3. The fourth-order valence-electron chi connectivity index (χ4n) is 3.55. The number of rotatable bonds is 8. The van der Waals surface area contributed by atoms with E-state index in [2.05, 4.69) is 0 Å². The number of carbonyl (C=O) groups is 2. The van der Waals surface area contributed by atoms with Gasteiger partial charge in [-0.1, -0.05) is 0 Å². The van der Waals surface area contributed by atoms with Crippen LogP contribution < -0.4 is 10.6 Å². The van der Waals surface area contributed by atoms with Crippen molar-refractivity contribution in [2.24, 2.45) is 0 Å². The molecule has 3 aromatic rings. The number of imide groups is 1. The average molecular weight is 482 g/mol. The van der Waals surface area contributed by atoms with Crippen molar-refractivity contribution in [3.8, 4) is 0 Å². The minimum atomic E-state index is -2.65. The van der Waals surface area contributed by atoms with E-state index in [4.69, 9.17) is 0 Å². The average Bonchev–Trinajstić information content (AvgIpc) is 3.05. The van der Waals surface area contributed by atoms with Crippen molar-refractivity contribution in [3.63, 3.8) is 0 Å². The first-order chi connectivity index (χ1) is 14.6. The summed E-state index contributed by atoms with van der Waals surface area (Å²) in [5.41, 5.74) is 0.980. The first-order valence-electron chi connectivity index (χ1n) is 9.92. The molecule has 0 bridgehead atoms. The molecule has 6 heteroatoms. The van der Waals surface area contributed by atoms with Crippen molar-refractivity contribution < 1.29 is 14.2 Å². The molecule has 0 atom stereocenters. The second-order valence-electron chi connectivity index (χ2n) is 7.07. The van der Waals surface area contributed by atoms with E-state index in [1.807, 2.05) is 60.7 Å². The van der Waals surface area contributed by atoms with E-state index in [0.717, 1.165) is 28.8 Å². The Morgan fingerprint density at radius 2 is 1.13 bits per heavy atom. The van der Waals surface area contributed by atoms with Crippen molar-refractivity contribution in [1.82, 2.24) is 4.90 Å². The summed E-state index contributed by atoms with van der Waals surface area (Å²) < 4.78 is 14.0. The number of carbonyl (C=O) groups excluding carboxylic acids is 2. The molecule has 3 aromatic carbocycles. The van der Waals surface area contributed by atoms with Crippen LogP contribution in [0.1, 0.15) is 33.6 Å². The van der Waals surface area contributed by atoms with Crippen LogP contribution in [0.5, 0.6) is 0 Å². The van der Waals surface area contributed by atoms with Crippen LogP contribution in [0.4, 0.5) is 0 Å². The van der Waals surface area contributed by atoms with E-state index in [9.17, 15) is 14.2 Å². The van der Waals surface area contributed by atoms with Gasteiger partial charge in [0.05, 0.1) is 0 Å². The summed E-state index contributed by atoms with van der Waals surface area (Å²) in [6, 6.07) is 26.4. The molecule has 1 aliphatic heterocycles. The van der Waals surface area contributed by atoms with Gasteiger partial charge in [0, 0.05) is 0 Å². The van der Waals surface area contributed by atoms with Crippen LogP contribution in [-0.2, 0) is 4.57 Å². The molecule has 0 fully saturated rings. The van der Waals surface area contributed by atoms with E-state index >= 15 is 0 Å². The Morgan fingerprint density at radius 3 is 1.63 bits per heavy atom. The van der Waals surface area contributed by atoms with Gasteiger partial charge in [-0.25, -0.2) is 0 Å². The predicted molar refractivity (Wildman–Crippen MR) is 121 cm³/mol. The van der Waals surface area contributed by atoms with Crippen molar-refractivity contribution >= 4 is 42.8 Å². The first-order valence-corrected chi connectivity index (χ1v) is 15.1. The normalized spacial score (nSPS) is 13.5. The molecule has 0 aromatic heterocycles. The van der Waals surface area contributed by atoms with E-state index in [0.29, 0.717) is 17.7 Å². The zero-order valence-electron chi connectivity index (χ0n) is 16.4. The summed E-state index contributed by atoms with van der Waals surface area (Å²) in [7, 11) is 0. The SMILES string of the molecule is O=C1c2ccccc2C(=O)N1CCCC[Se]P(=O)(c1ccccc1)c1ccccc1. The summed E-state index contributed by atoms with van der Waals surface area (Å²) in [5, 5.41) is 2.63. The molecule has 4 nitrogen and oxygen atoms in total. The van der Waals surface area contributed by atoms with Crippen LogP contribution in [0.3, 0.4) is 0 Å². The second-order valence-corrected chi connectivity index (χ2v) is 15.2. The van der Waals surface area contributed by atoms with Crippen molar-refractivity contribution in [1.29, 1.82) is 0 Å². The van der Waals surface area contributed by atoms with Crippen LogP contribution in [0.15, 0.2) is 84.9 Å². The predicted octanol–water partition coefficient (Wildman–Crippen LogP) is 4.11. The topological polar surface area (TPSA) is 54.5 Å². The standard InChI is InChI=1S/C24H22NO3PSe/c26-23-21-15-7-8-16-22(21)24(27)25(23)17-9-10-18-30-29(28,19-11-3-1-4-12-19)20-13-5-2-6-14-20/h1-8,11-16H,9-10,17-18H2. The molecule has 0 aliphatic carbocycles. The maximum atomic E-state index is 14.0. The number of amides is 2. The molecular formula is C24H22NO3PSe. The summed E-state index contributed by atoms with van der Waals surface area (Å²) in [6.45, 7) is 0.406. The number of hydrogen-bond acceptors (Lipinski definition) is 3. The molecule has 0 unspecified atom stereocenters. The minimum absolute atomic E-state index is 0.0995. The van der Waals surface area contributed by atoms with Gasteiger partial charge >= 0.3 is 183 Å². The summed E-state index contributed by atoms with van der Waals surface area (Å²) in [4.78, 5) is 26.3. The first kappa shape index (κ1) is 20.8. The van der Waals surface area contributed by atoms with Gasteiger partial charge in [0.2, 0.25) is 0 Å². The van der Waals surface area contributed by atoms with Crippen molar-refractivity contribution in [2.45, 2.75) is 18.2 Å². The molecule has 30 heavy (non-hydrogen) atoms. The van der Waals surface area contributed by atoms with E-state index in [-0.39, 0.29) is 26.3 Å². The number of fused-ring (bicyclic) bond motifs is 1. The van der Waals surface area contributed by atoms with Crippen LogP contribution >= 0.6 is 5.83 Å². The molecule has 1 heterocycles.